The molecule has 2 aromatic carbocycles. The van der Waals surface area contributed by atoms with Crippen molar-refractivity contribution in [1.29, 1.82) is 0 Å². The average molecular weight is 451 g/mol. The van der Waals surface area contributed by atoms with E-state index in [4.69, 9.17) is 9.47 Å². The van der Waals surface area contributed by atoms with E-state index in [-0.39, 0.29) is 17.3 Å². The second-order valence-electron chi connectivity index (χ2n) is 6.74. The Balaban J connectivity index is 1.82. The van der Waals surface area contributed by atoms with Crippen LogP contribution in [0.15, 0.2) is 46.2 Å². The van der Waals surface area contributed by atoms with E-state index in [0.717, 1.165) is 22.6 Å². The molecule has 162 valence electrons. The maximum absolute atomic E-state index is 12.9. The topological polar surface area (TPSA) is 84.9 Å². The van der Waals surface area contributed by atoms with Crippen LogP contribution < -0.4 is 19.1 Å². The van der Waals surface area contributed by atoms with E-state index in [1.165, 1.54) is 6.92 Å². The van der Waals surface area contributed by atoms with Gasteiger partial charge in [0.25, 0.3) is 0 Å². The van der Waals surface area contributed by atoms with Gasteiger partial charge in [-0.1, -0.05) is 6.07 Å². The van der Waals surface area contributed by atoms with Gasteiger partial charge in [0.1, 0.15) is 0 Å². The number of hydrogen-bond acceptors (Lipinski definition) is 6. The fourth-order valence-corrected chi connectivity index (χ4v) is 5.22. The summed E-state index contributed by atoms with van der Waals surface area (Å²) >= 11 is 1.63. The quantitative estimate of drug-likeness (QED) is 0.696. The lowest BCUT2D eigenvalue weighted by molar-refractivity contribution is -0.116. The minimum atomic E-state index is -3.76. The number of hydrogen-bond donors (Lipinski definition) is 1. The summed E-state index contributed by atoms with van der Waals surface area (Å²) < 4.78 is 39.2. The summed E-state index contributed by atoms with van der Waals surface area (Å²) in [4.78, 5) is 14.7. The zero-order valence-corrected chi connectivity index (χ0v) is 18.9. The molecule has 0 spiro atoms. The van der Waals surface area contributed by atoms with Gasteiger partial charge in [0, 0.05) is 24.9 Å². The number of carbonyl (C=O) groups excluding carboxylic acids is 1. The number of benzene rings is 2. The van der Waals surface area contributed by atoms with E-state index >= 15 is 0 Å². The number of nitrogens with one attached hydrogen (secondary N) is 1. The van der Waals surface area contributed by atoms with Crippen LogP contribution in [0.5, 0.6) is 11.5 Å². The molecule has 0 fully saturated rings. The molecule has 2 aromatic rings. The molecule has 0 bridgehead atoms. The number of thioether (sulfide) groups is 1. The fraction of sp³-hybridized carbons (Fsp3) is 0.381. The fourth-order valence-electron chi connectivity index (χ4n) is 3.21. The van der Waals surface area contributed by atoms with Crippen LogP contribution in [0.25, 0.3) is 0 Å². The average Bonchev–Trinajstić information content (AvgIpc) is 2.95. The van der Waals surface area contributed by atoms with Crippen molar-refractivity contribution >= 4 is 33.4 Å². The molecule has 3 rings (SSSR count). The highest BCUT2D eigenvalue weighted by molar-refractivity contribution is 7.99. The van der Waals surface area contributed by atoms with Crippen LogP contribution in [0.2, 0.25) is 0 Å². The maximum Gasteiger partial charge on any atom is 0.240 e. The van der Waals surface area contributed by atoms with E-state index in [1.807, 2.05) is 6.92 Å². The van der Waals surface area contributed by atoms with Crippen molar-refractivity contribution in [3.63, 3.8) is 0 Å². The third-order valence-corrected chi connectivity index (χ3v) is 7.24. The molecule has 1 amide bonds. The van der Waals surface area contributed by atoms with Crippen molar-refractivity contribution in [2.45, 2.75) is 36.6 Å². The molecule has 0 unspecified atom stereocenters. The first-order valence-electron chi connectivity index (χ1n) is 9.70. The number of amides is 1. The number of nitrogens with zero attached hydrogens (tertiary/aromatic N) is 1. The molecule has 1 aliphatic rings. The molecule has 0 aliphatic carbocycles. The van der Waals surface area contributed by atoms with Gasteiger partial charge in [-0.05, 0) is 55.0 Å². The van der Waals surface area contributed by atoms with E-state index in [9.17, 15) is 13.2 Å². The maximum atomic E-state index is 12.9. The molecule has 1 N–H and O–H groups in total. The van der Waals surface area contributed by atoms with Crippen LogP contribution in [0.1, 0.15) is 25.8 Å². The molecular formula is C21H26N2O5S2. The largest absolute Gasteiger partial charge is 0.493 e. The van der Waals surface area contributed by atoms with Crippen LogP contribution in [0, 0.1) is 0 Å². The molecule has 0 aromatic heterocycles. The van der Waals surface area contributed by atoms with Crippen LogP contribution in [-0.2, 0) is 21.4 Å². The molecule has 7 nitrogen and oxygen atoms in total. The summed E-state index contributed by atoms with van der Waals surface area (Å²) in [6.45, 7) is 4.58. The highest BCUT2D eigenvalue weighted by atomic mass is 32.2. The Morgan fingerprint density at radius 1 is 1.20 bits per heavy atom. The van der Waals surface area contributed by atoms with Gasteiger partial charge in [0.15, 0.2) is 11.5 Å². The number of fused-ring (bicyclic) bond motifs is 1. The summed E-state index contributed by atoms with van der Waals surface area (Å²) in [7, 11) is -2.22. The second kappa shape index (κ2) is 9.72. The van der Waals surface area contributed by atoms with Gasteiger partial charge in [-0.15, -0.1) is 11.8 Å². The summed E-state index contributed by atoms with van der Waals surface area (Å²) in [5, 5.41) is 0. The predicted octanol–water partition coefficient (Wildman–Crippen LogP) is 3.42. The molecular weight excluding hydrogens is 424 g/mol. The first-order chi connectivity index (χ1) is 14.4. The first-order valence-corrected chi connectivity index (χ1v) is 12.2. The second-order valence-corrected chi connectivity index (χ2v) is 9.65. The summed E-state index contributed by atoms with van der Waals surface area (Å²) in [6, 6.07) is 10.2. The zero-order chi connectivity index (χ0) is 21.7. The van der Waals surface area contributed by atoms with E-state index < -0.39 is 10.0 Å². The van der Waals surface area contributed by atoms with E-state index in [2.05, 4.69) is 4.72 Å². The molecule has 9 heteroatoms. The Labute approximate surface area is 181 Å². The minimum Gasteiger partial charge on any atom is -0.493 e. The normalized spacial score (nSPS) is 14.0. The Bertz CT molecular complexity index is 1020. The Hall–Kier alpha value is -2.23. The lowest BCUT2D eigenvalue weighted by Gasteiger charge is -2.21. The van der Waals surface area contributed by atoms with Crippen LogP contribution in [0.4, 0.5) is 5.69 Å². The van der Waals surface area contributed by atoms with Crippen molar-refractivity contribution in [3.8, 4) is 11.5 Å². The zero-order valence-electron chi connectivity index (χ0n) is 17.3. The Morgan fingerprint density at radius 2 is 2.00 bits per heavy atom. The minimum absolute atomic E-state index is 0.0947. The number of carbonyl (C=O) groups is 1. The van der Waals surface area contributed by atoms with Crippen LogP contribution in [0.3, 0.4) is 0 Å². The van der Waals surface area contributed by atoms with Gasteiger partial charge < -0.3 is 14.4 Å². The lowest BCUT2D eigenvalue weighted by Crippen LogP contribution is -2.30. The van der Waals surface area contributed by atoms with Crippen molar-refractivity contribution < 1.29 is 22.7 Å². The van der Waals surface area contributed by atoms with Crippen molar-refractivity contribution in [3.05, 3.63) is 42.0 Å². The summed E-state index contributed by atoms with van der Waals surface area (Å²) in [5.41, 5.74) is 1.39. The van der Waals surface area contributed by atoms with Gasteiger partial charge in [-0.2, -0.15) is 0 Å². The lowest BCUT2D eigenvalue weighted by atomic mass is 10.2. The van der Waals surface area contributed by atoms with Crippen molar-refractivity contribution in [2.75, 3.05) is 30.9 Å². The van der Waals surface area contributed by atoms with E-state index in [0.29, 0.717) is 30.3 Å². The number of rotatable bonds is 7. The summed E-state index contributed by atoms with van der Waals surface area (Å²) in [6.07, 6.45) is 0.860. The van der Waals surface area contributed by atoms with Crippen LogP contribution >= 0.6 is 11.8 Å². The predicted molar refractivity (Wildman–Crippen MR) is 118 cm³/mol. The molecule has 1 aliphatic heterocycles. The molecule has 30 heavy (non-hydrogen) atoms. The standard InChI is InChI=1S/C21H26N2O5S2/c1-4-28-19-8-6-16(12-20(19)27-3)14-22-30(25,26)17-7-9-21-18(13-17)23(15(2)24)10-5-11-29-21/h6-9,12-13,22H,4-5,10-11,14H2,1-3H3. The first kappa shape index (κ1) is 22.5. The Morgan fingerprint density at radius 3 is 2.70 bits per heavy atom. The third-order valence-electron chi connectivity index (χ3n) is 4.69. The molecule has 0 radical (unpaired) electrons. The van der Waals surface area contributed by atoms with Gasteiger partial charge in [0.2, 0.25) is 15.9 Å². The SMILES string of the molecule is CCOc1ccc(CNS(=O)(=O)c2ccc3c(c2)N(C(C)=O)CCCS3)cc1OC. The number of sulfonamides is 1. The van der Waals surface area contributed by atoms with Crippen molar-refractivity contribution in [1.82, 2.24) is 4.72 Å². The van der Waals surface area contributed by atoms with Crippen LogP contribution in [-0.4, -0.2) is 40.3 Å². The van der Waals surface area contributed by atoms with E-state index in [1.54, 1.807) is 60.2 Å². The van der Waals surface area contributed by atoms with Gasteiger partial charge in [-0.25, -0.2) is 13.1 Å². The highest BCUT2D eigenvalue weighted by Gasteiger charge is 2.23. The number of anilines is 1. The molecule has 0 atom stereocenters. The summed E-state index contributed by atoms with van der Waals surface area (Å²) in [5.74, 6) is 1.95. The third kappa shape index (κ3) is 5.08. The number of methoxy groups -OCH3 is 1. The molecule has 0 saturated heterocycles. The highest BCUT2D eigenvalue weighted by Crippen LogP contribution is 2.35. The number of ether oxygens (including phenoxy) is 2. The smallest absolute Gasteiger partial charge is 0.240 e. The van der Waals surface area contributed by atoms with Gasteiger partial charge in [-0.3, -0.25) is 4.79 Å². The molecule has 1 heterocycles. The monoisotopic (exact) mass is 450 g/mol. The molecule has 0 saturated carbocycles. The van der Waals surface area contributed by atoms with Gasteiger partial charge >= 0.3 is 0 Å². The Kier molecular flexibility index (Phi) is 7.27. The van der Waals surface area contributed by atoms with Crippen molar-refractivity contribution in [2.24, 2.45) is 0 Å². The van der Waals surface area contributed by atoms with Gasteiger partial charge in [0.05, 0.1) is 24.3 Å².